The number of aryl methyl sites for hydroxylation is 2. The number of rotatable bonds is 9. The molecule has 2 aromatic heterocycles. The summed E-state index contributed by atoms with van der Waals surface area (Å²) >= 11 is 0. The van der Waals surface area contributed by atoms with E-state index in [2.05, 4.69) is 57.7 Å². The van der Waals surface area contributed by atoms with Crippen LogP contribution in [0.15, 0.2) is 48.7 Å². The number of carbonyl (C=O) groups excluding carboxylic acids is 3. The average molecular weight is 721 g/mol. The van der Waals surface area contributed by atoms with Crippen LogP contribution in [0.4, 0.5) is 4.79 Å². The number of ether oxygens (including phenoxy) is 1. The van der Waals surface area contributed by atoms with Gasteiger partial charge in [0.25, 0.3) is 0 Å². The first-order valence-electron chi connectivity index (χ1n) is 19.1. The van der Waals surface area contributed by atoms with Gasteiger partial charge in [0.1, 0.15) is 17.7 Å². The van der Waals surface area contributed by atoms with E-state index in [4.69, 9.17) is 20.4 Å². The van der Waals surface area contributed by atoms with Crippen LogP contribution in [0.1, 0.15) is 99.6 Å². The Morgan fingerprint density at radius 1 is 0.830 bits per heavy atom. The number of methoxy groups -OCH3 is 1. The SMILES string of the molecule is COC(=O)N[C@H](C(=O)N1CCC[C@H]1c1ncc(-c2ccc(-c3ccc4c(c3)CCc3[nH]c([C@@H]5CCCN5C(=O)[C@@H](N)C(C)C)nc3C4)cc2)[nH]1)C(C)C. The molecule has 2 fully saturated rings. The number of nitrogens with one attached hydrogen (secondary N) is 3. The number of aromatic amines is 2. The van der Waals surface area contributed by atoms with E-state index in [0.717, 1.165) is 91.3 Å². The van der Waals surface area contributed by atoms with Crippen LogP contribution in [0.25, 0.3) is 22.4 Å². The monoisotopic (exact) mass is 720 g/mol. The largest absolute Gasteiger partial charge is 0.453 e. The number of carbonyl (C=O) groups is 3. The molecule has 5 N–H and O–H groups in total. The van der Waals surface area contributed by atoms with Gasteiger partial charge in [-0.1, -0.05) is 70.2 Å². The van der Waals surface area contributed by atoms with E-state index in [1.54, 1.807) is 0 Å². The summed E-state index contributed by atoms with van der Waals surface area (Å²) < 4.78 is 4.76. The minimum absolute atomic E-state index is 0.0192. The topological polar surface area (TPSA) is 162 Å². The van der Waals surface area contributed by atoms with Gasteiger partial charge in [0.15, 0.2) is 0 Å². The smallest absolute Gasteiger partial charge is 0.407 e. The summed E-state index contributed by atoms with van der Waals surface area (Å²) in [7, 11) is 1.30. The van der Waals surface area contributed by atoms with Gasteiger partial charge in [-0.25, -0.2) is 14.8 Å². The molecule has 12 heteroatoms. The Labute approximate surface area is 311 Å². The highest BCUT2D eigenvalue weighted by Gasteiger charge is 2.38. The third-order valence-corrected chi connectivity index (χ3v) is 11.3. The maximum absolute atomic E-state index is 13.5. The number of alkyl carbamates (subject to hydrolysis) is 1. The lowest BCUT2D eigenvalue weighted by Crippen LogP contribution is -2.51. The molecule has 1 aliphatic carbocycles. The Morgan fingerprint density at radius 2 is 1.49 bits per heavy atom. The Balaban J connectivity index is 1.02. The Bertz CT molecular complexity index is 1960. The molecule has 53 heavy (non-hydrogen) atoms. The van der Waals surface area contributed by atoms with Crippen LogP contribution < -0.4 is 11.1 Å². The maximum atomic E-state index is 13.5. The zero-order chi connectivity index (χ0) is 37.4. The number of nitrogens with two attached hydrogens (primary N) is 1. The molecule has 0 bridgehead atoms. The number of aromatic nitrogens is 4. The molecule has 4 atom stereocenters. The van der Waals surface area contributed by atoms with Crippen molar-refractivity contribution in [2.75, 3.05) is 20.2 Å². The Hall–Kier alpha value is -4.97. The molecule has 2 saturated heterocycles. The summed E-state index contributed by atoms with van der Waals surface area (Å²) in [6, 6.07) is 13.8. The summed E-state index contributed by atoms with van der Waals surface area (Å²) in [5.74, 6) is 1.54. The normalized spacial score (nSPS) is 19.5. The molecule has 0 saturated carbocycles. The van der Waals surface area contributed by atoms with Crippen LogP contribution in [0.3, 0.4) is 0 Å². The van der Waals surface area contributed by atoms with Gasteiger partial charge >= 0.3 is 6.09 Å². The number of benzene rings is 2. The molecule has 12 nitrogen and oxygen atoms in total. The summed E-state index contributed by atoms with van der Waals surface area (Å²) in [4.78, 5) is 59.3. The molecule has 4 heterocycles. The molecule has 0 radical (unpaired) electrons. The molecular weight excluding hydrogens is 669 g/mol. The highest BCUT2D eigenvalue weighted by atomic mass is 16.5. The number of amides is 3. The molecule has 2 aromatic carbocycles. The third kappa shape index (κ3) is 7.33. The predicted molar refractivity (Wildman–Crippen MR) is 203 cm³/mol. The third-order valence-electron chi connectivity index (χ3n) is 11.3. The summed E-state index contributed by atoms with van der Waals surface area (Å²) in [6.45, 7) is 9.15. The van der Waals surface area contributed by atoms with Gasteiger partial charge < -0.3 is 35.6 Å². The van der Waals surface area contributed by atoms with Crippen LogP contribution in [-0.2, 0) is 33.6 Å². The zero-order valence-electron chi connectivity index (χ0n) is 31.4. The number of nitrogens with zero attached hydrogens (tertiary/aromatic N) is 4. The maximum Gasteiger partial charge on any atom is 0.407 e. The van der Waals surface area contributed by atoms with E-state index in [-0.39, 0.29) is 35.7 Å². The number of fused-ring (bicyclic) bond motifs is 2. The van der Waals surface area contributed by atoms with E-state index in [1.165, 1.54) is 23.8 Å². The van der Waals surface area contributed by atoms with Crippen molar-refractivity contribution in [1.29, 1.82) is 0 Å². The lowest BCUT2D eigenvalue weighted by Gasteiger charge is -2.30. The quantitative estimate of drug-likeness (QED) is 0.169. The van der Waals surface area contributed by atoms with Gasteiger partial charge in [-0.3, -0.25) is 9.59 Å². The molecule has 7 rings (SSSR count). The van der Waals surface area contributed by atoms with Crippen molar-refractivity contribution in [2.45, 2.75) is 96.8 Å². The molecule has 3 amide bonds. The van der Waals surface area contributed by atoms with Crippen molar-refractivity contribution < 1.29 is 19.1 Å². The predicted octanol–water partition coefficient (Wildman–Crippen LogP) is 5.85. The molecule has 0 unspecified atom stereocenters. The van der Waals surface area contributed by atoms with Gasteiger partial charge in [-0.2, -0.15) is 0 Å². The van der Waals surface area contributed by atoms with Crippen LogP contribution in [0.5, 0.6) is 0 Å². The van der Waals surface area contributed by atoms with E-state index in [9.17, 15) is 14.4 Å². The fraction of sp³-hybridized carbons (Fsp3) is 0.488. The van der Waals surface area contributed by atoms with Crippen LogP contribution in [0.2, 0.25) is 0 Å². The second-order valence-electron chi connectivity index (χ2n) is 15.5. The minimum Gasteiger partial charge on any atom is -0.453 e. The van der Waals surface area contributed by atoms with E-state index in [1.807, 2.05) is 43.7 Å². The fourth-order valence-electron chi connectivity index (χ4n) is 8.11. The van der Waals surface area contributed by atoms with Crippen LogP contribution >= 0.6 is 0 Å². The lowest BCUT2D eigenvalue weighted by atomic mass is 9.95. The van der Waals surface area contributed by atoms with E-state index < -0.39 is 18.2 Å². The highest BCUT2D eigenvalue weighted by molar-refractivity contribution is 5.86. The van der Waals surface area contributed by atoms with E-state index >= 15 is 0 Å². The molecule has 3 aliphatic rings. The van der Waals surface area contributed by atoms with Crippen molar-refractivity contribution in [3.63, 3.8) is 0 Å². The molecule has 0 spiro atoms. The second kappa shape index (κ2) is 15.2. The first-order chi connectivity index (χ1) is 25.5. The number of imidazole rings is 2. The van der Waals surface area contributed by atoms with Gasteiger partial charge in [0.05, 0.1) is 42.8 Å². The van der Waals surface area contributed by atoms with Crippen molar-refractivity contribution in [3.05, 3.63) is 82.8 Å². The standard InChI is InChI=1S/C41H52N8O4/c1-23(2)35(42)39(50)48-18-7-9-34(48)38-44-30-17-16-28-20-27(14-15-29(28)21-31(30)45-38)25-10-12-26(13-11-25)32-22-43-37(46-32)33-8-6-19-49(33)40(51)36(24(3)4)47-41(52)53-5/h10-15,20,22-24,33-36H,6-9,16-19,21,42H2,1-5H3,(H,43,46)(H,44,45)(H,47,52)/t33-,34-,35-,36-/m0/s1. The molecular formula is C41H52N8O4. The Morgan fingerprint density at radius 3 is 2.17 bits per heavy atom. The van der Waals surface area contributed by atoms with Crippen molar-refractivity contribution in [3.8, 4) is 22.4 Å². The van der Waals surface area contributed by atoms with Gasteiger partial charge in [0.2, 0.25) is 11.8 Å². The Kier molecular flexibility index (Phi) is 10.4. The van der Waals surface area contributed by atoms with E-state index in [0.29, 0.717) is 6.54 Å². The summed E-state index contributed by atoms with van der Waals surface area (Å²) in [5, 5.41) is 2.71. The van der Waals surface area contributed by atoms with Gasteiger partial charge in [0, 0.05) is 25.2 Å². The van der Waals surface area contributed by atoms with Crippen molar-refractivity contribution >= 4 is 17.9 Å². The van der Waals surface area contributed by atoms with Gasteiger partial charge in [-0.15, -0.1) is 0 Å². The van der Waals surface area contributed by atoms with Crippen LogP contribution in [-0.4, -0.2) is 79.9 Å². The first kappa shape index (κ1) is 36.4. The summed E-state index contributed by atoms with van der Waals surface area (Å²) in [5.41, 5.74) is 15.3. The summed E-state index contributed by atoms with van der Waals surface area (Å²) in [6.07, 6.45) is 7.29. The number of H-pyrrole nitrogens is 2. The van der Waals surface area contributed by atoms with Gasteiger partial charge in [-0.05, 0) is 78.2 Å². The second-order valence-corrected chi connectivity index (χ2v) is 15.5. The average Bonchev–Trinajstić information content (AvgIpc) is 3.98. The zero-order valence-corrected chi connectivity index (χ0v) is 31.4. The molecule has 4 aromatic rings. The number of likely N-dealkylation sites (tertiary alicyclic amines) is 2. The number of hydrogen-bond donors (Lipinski definition) is 4. The van der Waals surface area contributed by atoms with Crippen molar-refractivity contribution in [1.82, 2.24) is 35.1 Å². The first-order valence-corrected chi connectivity index (χ1v) is 19.1. The van der Waals surface area contributed by atoms with Crippen LogP contribution in [0, 0.1) is 11.8 Å². The van der Waals surface area contributed by atoms with Crippen molar-refractivity contribution in [2.24, 2.45) is 17.6 Å². The lowest BCUT2D eigenvalue weighted by molar-refractivity contribution is -0.136. The fourth-order valence-corrected chi connectivity index (χ4v) is 8.11. The molecule has 280 valence electrons. The number of hydrogen-bond acceptors (Lipinski definition) is 7. The minimum atomic E-state index is -0.672. The highest BCUT2D eigenvalue weighted by Crippen LogP contribution is 2.36. The molecule has 2 aliphatic heterocycles.